The van der Waals surface area contributed by atoms with Crippen LogP contribution in [0.5, 0.6) is 11.5 Å². The molecule has 0 aliphatic carbocycles. The molecule has 0 unspecified atom stereocenters. The molecule has 4 rings (SSSR count). The molecule has 1 N–H and O–H groups in total. The highest BCUT2D eigenvalue weighted by Crippen LogP contribution is 2.24. The summed E-state index contributed by atoms with van der Waals surface area (Å²) in [6.45, 7) is 1.88. The lowest BCUT2D eigenvalue weighted by molar-refractivity contribution is -0.118. The highest BCUT2D eigenvalue weighted by Gasteiger charge is 2.11. The van der Waals surface area contributed by atoms with Crippen LogP contribution in [0.3, 0.4) is 0 Å². The molecule has 3 aromatic carbocycles. The van der Waals surface area contributed by atoms with Gasteiger partial charge in [0.25, 0.3) is 5.91 Å². The first-order valence-corrected chi connectivity index (χ1v) is 9.25. The standard InChI is InChI=1S/C23H21N3O3/c1-16-24-21-14-17(8-13-22(21)26(16)18-6-4-3-5-7-18)25-23(27)15-29-20-11-9-19(28-2)10-12-20/h3-14H,15H2,1-2H3,(H,25,27). The Morgan fingerprint density at radius 3 is 2.45 bits per heavy atom. The molecule has 1 aromatic heterocycles. The molecule has 0 atom stereocenters. The summed E-state index contributed by atoms with van der Waals surface area (Å²) in [5.74, 6) is 1.99. The van der Waals surface area contributed by atoms with Gasteiger partial charge < -0.3 is 14.8 Å². The average Bonchev–Trinajstić information content (AvgIpc) is 3.08. The first-order chi connectivity index (χ1) is 14.1. The SMILES string of the molecule is COc1ccc(OCC(=O)Nc2ccc3c(c2)nc(C)n3-c2ccccc2)cc1. The number of carbonyl (C=O) groups excluding carboxylic acids is 1. The topological polar surface area (TPSA) is 65.4 Å². The Balaban J connectivity index is 1.46. The Hall–Kier alpha value is -3.80. The number of ether oxygens (including phenoxy) is 2. The molecular weight excluding hydrogens is 366 g/mol. The van der Waals surface area contributed by atoms with E-state index >= 15 is 0 Å². The fraction of sp³-hybridized carbons (Fsp3) is 0.130. The number of aromatic nitrogens is 2. The molecule has 0 radical (unpaired) electrons. The summed E-state index contributed by atoms with van der Waals surface area (Å²) in [7, 11) is 1.60. The number of hydrogen-bond donors (Lipinski definition) is 1. The second-order valence-corrected chi connectivity index (χ2v) is 6.55. The average molecular weight is 387 g/mol. The maximum atomic E-state index is 12.3. The zero-order chi connectivity index (χ0) is 20.2. The van der Waals surface area contributed by atoms with E-state index in [9.17, 15) is 4.79 Å². The minimum Gasteiger partial charge on any atom is -0.497 e. The molecule has 0 saturated carbocycles. The van der Waals surface area contributed by atoms with Crippen LogP contribution >= 0.6 is 0 Å². The number of methoxy groups -OCH3 is 1. The maximum Gasteiger partial charge on any atom is 0.262 e. The van der Waals surface area contributed by atoms with Crippen molar-refractivity contribution in [3.63, 3.8) is 0 Å². The smallest absolute Gasteiger partial charge is 0.262 e. The first-order valence-electron chi connectivity index (χ1n) is 9.25. The highest BCUT2D eigenvalue weighted by molar-refractivity contribution is 5.94. The third kappa shape index (κ3) is 4.06. The lowest BCUT2D eigenvalue weighted by Crippen LogP contribution is -2.20. The summed E-state index contributed by atoms with van der Waals surface area (Å²) >= 11 is 0. The zero-order valence-corrected chi connectivity index (χ0v) is 16.3. The van der Waals surface area contributed by atoms with Crippen molar-refractivity contribution in [3.8, 4) is 17.2 Å². The molecule has 0 spiro atoms. The molecule has 6 nitrogen and oxygen atoms in total. The molecule has 6 heteroatoms. The van der Waals surface area contributed by atoms with Gasteiger partial charge in [0.2, 0.25) is 0 Å². The number of hydrogen-bond acceptors (Lipinski definition) is 4. The first kappa shape index (κ1) is 18.6. The second-order valence-electron chi connectivity index (χ2n) is 6.55. The summed E-state index contributed by atoms with van der Waals surface area (Å²) in [6.07, 6.45) is 0. The van der Waals surface area contributed by atoms with Crippen molar-refractivity contribution in [2.24, 2.45) is 0 Å². The quantitative estimate of drug-likeness (QED) is 0.534. The van der Waals surface area contributed by atoms with E-state index in [1.165, 1.54) is 0 Å². The number of rotatable bonds is 6. The number of aryl methyl sites for hydroxylation is 1. The Morgan fingerprint density at radius 1 is 1.00 bits per heavy atom. The van der Waals surface area contributed by atoms with Crippen molar-refractivity contribution >= 4 is 22.6 Å². The summed E-state index contributed by atoms with van der Waals surface area (Å²) in [4.78, 5) is 16.9. The van der Waals surface area contributed by atoms with Crippen molar-refractivity contribution in [1.29, 1.82) is 0 Å². The molecule has 0 fully saturated rings. The Morgan fingerprint density at radius 2 is 1.72 bits per heavy atom. The Kier molecular flexibility index (Phi) is 5.16. The van der Waals surface area contributed by atoms with Crippen LogP contribution in [0.4, 0.5) is 5.69 Å². The third-order valence-electron chi connectivity index (χ3n) is 4.55. The van der Waals surface area contributed by atoms with Crippen LogP contribution in [-0.2, 0) is 4.79 Å². The molecular formula is C23H21N3O3. The van der Waals surface area contributed by atoms with E-state index in [0.717, 1.165) is 28.3 Å². The number of benzene rings is 3. The molecule has 0 aliphatic rings. The molecule has 29 heavy (non-hydrogen) atoms. The molecule has 1 amide bonds. The van der Waals surface area contributed by atoms with Crippen LogP contribution in [0, 0.1) is 6.92 Å². The van der Waals surface area contributed by atoms with E-state index in [-0.39, 0.29) is 12.5 Å². The fourth-order valence-electron chi connectivity index (χ4n) is 3.20. The van der Waals surface area contributed by atoms with E-state index in [2.05, 4.69) is 14.9 Å². The molecule has 0 aliphatic heterocycles. The minimum atomic E-state index is -0.237. The highest BCUT2D eigenvalue weighted by atomic mass is 16.5. The lowest BCUT2D eigenvalue weighted by atomic mass is 10.2. The van der Waals surface area contributed by atoms with Gasteiger partial charge in [-0.25, -0.2) is 4.98 Å². The number of fused-ring (bicyclic) bond motifs is 1. The summed E-state index contributed by atoms with van der Waals surface area (Å²) < 4.78 is 12.7. The van der Waals surface area contributed by atoms with Gasteiger partial charge >= 0.3 is 0 Å². The number of nitrogens with one attached hydrogen (secondary N) is 1. The largest absolute Gasteiger partial charge is 0.497 e. The predicted octanol–water partition coefficient (Wildman–Crippen LogP) is 4.36. The van der Waals surface area contributed by atoms with Gasteiger partial charge in [0, 0.05) is 11.4 Å². The van der Waals surface area contributed by atoms with Crippen molar-refractivity contribution < 1.29 is 14.3 Å². The third-order valence-corrected chi connectivity index (χ3v) is 4.55. The van der Waals surface area contributed by atoms with E-state index < -0.39 is 0 Å². The van der Waals surface area contributed by atoms with Gasteiger partial charge in [-0.2, -0.15) is 0 Å². The van der Waals surface area contributed by atoms with Crippen LogP contribution < -0.4 is 14.8 Å². The normalized spacial score (nSPS) is 10.7. The van der Waals surface area contributed by atoms with Crippen LogP contribution in [0.1, 0.15) is 5.82 Å². The van der Waals surface area contributed by atoms with Crippen molar-refractivity contribution in [2.45, 2.75) is 6.92 Å². The lowest BCUT2D eigenvalue weighted by Gasteiger charge is -2.09. The van der Waals surface area contributed by atoms with E-state index in [1.807, 2.05) is 55.5 Å². The van der Waals surface area contributed by atoms with Gasteiger partial charge in [0.15, 0.2) is 6.61 Å². The monoisotopic (exact) mass is 387 g/mol. The summed E-state index contributed by atoms with van der Waals surface area (Å²) in [5, 5.41) is 2.86. The molecule has 0 saturated heterocycles. The summed E-state index contributed by atoms with van der Waals surface area (Å²) in [6, 6.07) is 22.9. The number of imidazole rings is 1. The van der Waals surface area contributed by atoms with Gasteiger partial charge in [0.1, 0.15) is 17.3 Å². The van der Waals surface area contributed by atoms with Crippen molar-refractivity contribution in [1.82, 2.24) is 9.55 Å². The zero-order valence-electron chi connectivity index (χ0n) is 16.3. The van der Waals surface area contributed by atoms with Gasteiger partial charge in [-0.1, -0.05) is 18.2 Å². The maximum absolute atomic E-state index is 12.3. The number of amides is 1. The number of para-hydroxylation sites is 1. The van der Waals surface area contributed by atoms with E-state index in [0.29, 0.717) is 11.4 Å². The number of carbonyl (C=O) groups is 1. The van der Waals surface area contributed by atoms with Crippen molar-refractivity contribution in [3.05, 3.63) is 78.6 Å². The van der Waals surface area contributed by atoms with Crippen LogP contribution in [-0.4, -0.2) is 29.2 Å². The molecule has 146 valence electrons. The minimum absolute atomic E-state index is 0.0815. The Labute approximate surface area is 168 Å². The predicted molar refractivity (Wildman–Crippen MR) is 113 cm³/mol. The molecule has 1 heterocycles. The second kappa shape index (κ2) is 8.06. The number of nitrogens with zero attached hydrogens (tertiary/aromatic N) is 2. The van der Waals surface area contributed by atoms with Crippen LogP contribution in [0.25, 0.3) is 16.7 Å². The fourth-order valence-corrected chi connectivity index (χ4v) is 3.20. The molecule has 4 aromatic rings. The van der Waals surface area contributed by atoms with E-state index in [4.69, 9.17) is 9.47 Å². The van der Waals surface area contributed by atoms with Gasteiger partial charge in [-0.05, 0) is 61.5 Å². The van der Waals surface area contributed by atoms with Gasteiger partial charge in [-0.3, -0.25) is 9.36 Å². The van der Waals surface area contributed by atoms with Crippen LogP contribution in [0.15, 0.2) is 72.8 Å². The Bertz CT molecular complexity index is 1140. The molecule has 0 bridgehead atoms. The van der Waals surface area contributed by atoms with Crippen molar-refractivity contribution in [2.75, 3.05) is 19.0 Å². The van der Waals surface area contributed by atoms with Gasteiger partial charge in [0.05, 0.1) is 18.1 Å². The van der Waals surface area contributed by atoms with E-state index in [1.54, 1.807) is 31.4 Å². The van der Waals surface area contributed by atoms with Gasteiger partial charge in [-0.15, -0.1) is 0 Å². The summed E-state index contributed by atoms with van der Waals surface area (Å²) in [5.41, 5.74) is 3.54. The van der Waals surface area contributed by atoms with Crippen LogP contribution in [0.2, 0.25) is 0 Å². The number of anilines is 1.